The Kier molecular flexibility index (Phi) is 4.59. The van der Waals surface area contributed by atoms with E-state index in [4.69, 9.17) is 11.6 Å². The SMILES string of the molecule is Cc1ccc([N+](=O)[O-])cc1C(=O)Nc1ccc(Br)c(Cl)c1. The van der Waals surface area contributed by atoms with Crippen LogP contribution in [0.25, 0.3) is 0 Å². The van der Waals surface area contributed by atoms with Gasteiger partial charge in [0, 0.05) is 27.9 Å². The Hall–Kier alpha value is -1.92. The van der Waals surface area contributed by atoms with E-state index in [-0.39, 0.29) is 11.3 Å². The van der Waals surface area contributed by atoms with E-state index < -0.39 is 10.8 Å². The van der Waals surface area contributed by atoms with Gasteiger partial charge in [0.05, 0.1) is 9.95 Å². The van der Waals surface area contributed by atoms with E-state index in [0.29, 0.717) is 20.7 Å². The number of nitrogens with zero attached hydrogens (tertiary/aromatic N) is 1. The number of carbonyl (C=O) groups is 1. The second-order valence-electron chi connectivity index (χ2n) is 4.34. The summed E-state index contributed by atoms with van der Waals surface area (Å²) in [6.45, 7) is 1.72. The van der Waals surface area contributed by atoms with Gasteiger partial charge in [-0.3, -0.25) is 14.9 Å². The van der Waals surface area contributed by atoms with E-state index in [0.717, 1.165) is 0 Å². The number of nitro benzene ring substituents is 1. The van der Waals surface area contributed by atoms with Gasteiger partial charge in [0.1, 0.15) is 0 Å². The molecule has 21 heavy (non-hydrogen) atoms. The number of anilines is 1. The van der Waals surface area contributed by atoms with Crippen LogP contribution in [0.2, 0.25) is 5.02 Å². The minimum absolute atomic E-state index is 0.125. The molecule has 0 radical (unpaired) electrons. The first-order valence-electron chi connectivity index (χ1n) is 5.90. The number of non-ortho nitro benzene ring substituents is 1. The van der Waals surface area contributed by atoms with E-state index in [1.165, 1.54) is 12.1 Å². The van der Waals surface area contributed by atoms with Gasteiger partial charge < -0.3 is 5.32 Å². The molecule has 0 saturated carbocycles. The number of nitrogens with one attached hydrogen (secondary N) is 1. The lowest BCUT2D eigenvalue weighted by Gasteiger charge is -2.08. The molecule has 5 nitrogen and oxygen atoms in total. The zero-order valence-corrected chi connectivity index (χ0v) is 13.2. The molecule has 0 aromatic heterocycles. The number of aryl methyl sites for hydroxylation is 1. The van der Waals surface area contributed by atoms with Crippen LogP contribution in [0.4, 0.5) is 11.4 Å². The lowest BCUT2D eigenvalue weighted by molar-refractivity contribution is -0.384. The van der Waals surface area contributed by atoms with Gasteiger partial charge in [-0.2, -0.15) is 0 Å². The Bertz CT molecular complexity index is 734. The molecule has 0 bridgehead atoms. The summed E-state index contributed by atoms with van der Waals surface area (Å²) in [5.41, 5.74) is 1.29. The number of rotatable bonds is 3. The van der Waals surface area contributed by atoms with Crippen LogP contribution in [0.5, 0.6) is 0 Å². The average molecular weight is 370 g/mol. The molecule has 0 atom stereocenters. The van der Waals surface area contributed by atoms with Crippen LogP contribution in [-0.4, -0.2) is 10.8 Å². The Morgan fingerprint density at radius 2 is 2.00 bits per heavy atom. The fraction of sp³-hybridized carbons (Fsp3) is 0.0714. The fourth-order valence-corrected chi connectivity index (χ4v) is 2.17. The van der Waals surface area contributed by atoms with Gasteiger partial charge in [-0.15, -0.1) is 0 Å². The van der Waals surface area contributed by atoms with E-state index in [1.54, 1.807) is 31.2 Å². The molecule has 0 fully saturated rings. The van der Waals surface area contributed by atoms with Crippen LogP contribution in [0.3, 0.4) is 0 Å². The molecule has 2 aromatic carbocycles. The van der Waals surface area contributed by atoms with Gasteiger partial charge in [0.25, 0.3) is 11.6 Å². The van der Waals surface area contributed by atoms with E-state index in [9.17, 15) is 14.9 Å². The van der Waals surface area contributed by atoms with Crippen LogP contribution in [-0.2, 0) is 0 Å². The third-order valence-corrected chi connectivity index (χ3v) is 4.09. The molecule has 0 aliphatic rings. The molecule has 108 valence electrons. The van der Waals surface area contributed by atoms with Crippen molar-refractivity contribution in [1.82, 2.24) is 0 Å². The predicted octanol–water partition coefficient (Wildman–Crippen LogP) is 4.57. The molecule has 0 aliphatic heterocycles. The van der Waals surface area contributed by atoms with E-state index in [2.05, 4.69) is 21.2 Å². The largest absolute Gasteiger partial charge is 0.322 e. The lowest BCUT2D eigenvalue weighted by atomic mass is 10.1. The molecule has 7 heteroatoms. The lowest BCUT2D eigenvalue weighted by Crippen LogP contribution is -2.13. The van der Waals surface area contributed by atoms with Crippen LogP contribution in [0.15, 0.2) is 40.9 Å². The van der Waals surface area contributed by atoms with Crippen molar-refractivity contribution in [3.63, 3.8) is 0 Å². The summed E-state index contributed by atoms with van der Waals surface area (Å²) >= 11 is 9.21. The zero-order valence-electron chi connectivity index (χ0n) is 10.9. The Morgan fingerprint density at radius 1 is 1.29 bits per heavy atom. The summed E-state index contributed by atoms with van der Waals surface area (Å²) < 4.78 is 0.716. The van der Waals surface area contributed by atoms with Crippen molar-refractivity contribution in [1.29, 1.82) is 0 Å². The highest BCUT2D eigenvalue weighted by Crippen LogP contribution is 2.26. The van der Waals surface area contributed by atoms with E-state index >= 15 is 0 Å². The normalized spacial score (nSPS) is 10.2. The molecule has 2 rings (SSSR count). The highest BCUT2D eigenvalue weighted by molar-refractivity contribution is 9.10. The highest BCUT2D eigenvalue weighted by atomic mass is 79.9. The summed E-state index contributed by atoms with van der Waals surface area (Å²) in [5, 5.41) is 13.9. The Balaban J connectivity index is 2.29. The topological polar surface area (TPSA) is 72.2 Å². The third kappa shape index (κ3) is 3.59. The number of hydrogen-bond acceptors (Lipinski definition) is 3. The van der Waals surface area contributed by atoms with Crippen LogP contribution >= 0.6 is 27.5 Å². The van der Waals surface area contributed by atoms with Crippen LogP contribution in [0.1, 0.15) is 15.9 Å². The first-order chi connectivity index (χ1) is 9.88. The molecule has 0 saturated heterocycles. The van der Waals surface area contributed by atoms with Gasteiger partial charge in [-0.05, 0) is 46.6 Å². The number of benzene rings is 2. The Morgan fingerprint density at radius 3 is 2.62 bits per heavy atom. The minimum atomic E-state index is -0.535. The van der Waals surface area contributed by atoms with Gasteiger partial charge >= 0.3 is 0 Å². The fourth-order valence-electron chi connectivity index (χ4n) is 1.74. The van der Waals surface area contributed by atoms with Crippen molar-refractivity contribution >= 4 is 44.8 Å². The van der Waals surface area contributed by atoms with Crippen molar-refractivity contribution in [3.05, 3.63) is 67.1 Å². The predicted molar refractivity (Wildman–Crippen MR) is 84.9 cm³/mol. The van der Waals surface area contributed by atoms with Gasteiger partial charge in [-0.25, -0.2) is 0 Å². The average Bonchev–Trinajstić information content (AvgIpc) is 2.43. The first-order valence-corrected chi connectivity index (χ1v) is 7.07. The summed E-state index contributed by atoms with van der Waals surface area (Å²) in [7, 11) is 0. The summed E-state index contributed by atoms with van der Waals surface area (Å²) in [4.78, 5) is 22.5. The standard InChI is InChI=1S/C14H10BrClN2O3/c1-8-2-4-10(18(20)21)7-11(8)14(19)17-9-3-5-12(15)13(16)6-9/h2-7H,1H3,(H,17,19). The smallest absolute Gasteiger partial charge is 0.270 e. The molecular weight excluding hydrogens is 360 g/mol. The third-order valence-electron chi connectivity index (χ3n) is 2.85. The van der Waals surface area contributed by atoms with Crippen molar-refractivity contribution in [2.24, 2.45) is 0 Å². The summed E-state index contributed by atoms with van der Waals surface area (Å²) in [5.74, 6) is -0.422. The summed E-state index contributed by atoms with van der Waals surface area (Å²) in [6, 6.07) is 9.14. The highest BCUT2D eigenvalue weighted by Gasteiger charge is 2.15. The van der Waals surface area contributed by atoms with Crippen molar-refractivity contribution in [2.45, 2.75) is 6.92 Å². The Labute approximate surface area is 134 Å². The number of amides is 1. The van der Waals surface area contributed by atoms with Gasteiger partial charge in [-0.1, -0.05) is 17.7 Å². The molecule has 0 aliphatic carbocycles. The number of nitro groups is 1. The first kappa shape index (κ1) is 15.5. The molecule has 2 aromatic rings. The second-order valence-corrected chi connectivity index (χ2v) is 5.60. The molecular formula is C14H10BrClN2O3. The molecule has 0 heterocycles. The second kappa shape index (κ2) is 6.24. The molecule has 0 spiro atoms. The van der Waals surface area contributed by atoms with Crippen molar-refractivity contribution in [2.75, 3.05) is 5.32 Å². The number of carbonyl (C=O) groups excluding carboxylic acids is 1. The van der Waals surface area contributed by atoms with Crippen LogP contribution < -0.4 is 5.32 Å². The molecule has 1 amide bonds. The maximum absolute atomic E-state index is 12.2. The van der Waals surface area contributed by atoms with Gasteiger partial charge in [0.2, 0.25) is 0 Å². The van der Waals surface area contributed by atoms with Crippen molar-refractivity contribution in [3.8, 4) is 0 Å². The molecule has 1 N–H and O–H groups in total. The number of halogens is 2. The quantitative estimate of drug-likeness (QED) is 0.636. The van der Waals surface area contributed by atoms with Crippen LogP contribution in [0, 0.1) is 17.0 Å². The monoisotopic (exact) mass is 368 g/mol. The van der Waals surface area contributed by atoms with Gasteiger partial charge in [0.15, 0.2) is 0 Å². The maximum Gasteiger partial charge on any atom is 0.270 e. The number of hydrogen-bond donors (Lipinski definition) is 1. The van der Waals surface area contributed by atoms with Crippen molar-refractivity contribution < 1.29 is 9.72 Å². The molecule has 0 unspecified atom stereocenters. The minimum Gasteiger partial charge on any atom is -0.322 e. The zero-order chi connectivity index (χ0) is 15.6. The van der Waals surface area contributed by atoms with E-state index in [1.807, 2.05) is 0 Å². The maximum atomic E-state index is 12.2. The summed E-state index contributed by atoms with van der Waals surface area (Å²) in [6.07, 6.45) is 0.